The fourth-order valence-corrected chi connectivity index (χ4v) is 13.3. The molecule has 1 aliphatic carbocycles. The Balaban J connectivity index is 1.17. The number of fused-ring (bicyclic) bond motifs is 3. The number of esters is 1. The molecule has 22 heteroatoms. The SMILES string of the molecule is CCOCCC(=O)N1CCN(c2ncc(CNC(=O)O[C@@H]3CC[C@@H](C[C@@H](C)[C@@H]4C[C@@H](OC)[C@H](C)/C=C(\C)[C@@H](O)[C@@H](OC)C(=O)[C@H](C)C[C@H](C)/C=C/C=C/C=C(\C)[C@@H](OC)C[C@@H]5CC[C@@H](C)[C@@](O)(O5)C(=O)C(=O)N5CCCC[C@H]5C(=O)O4)C[C@H]3OC)cn2)CC1. The maximum atomic E-state index is 14.9. The van der Waals surface area contributed by atoms with Crippen LogP contribution in [0, 0.1) is 35.5 Å². The van der Waals surface area contributed by atoms with Gasteiger partial charge in [0.25, 0.3) is 11.7 Å². The molecule has 0 aromatic carbocycles. The number of nitrogens with one attached hydrogen (secondary N) is 1. The van der Waals surface area contributed by atoms with Gasteiger partial charge in [-0.05, 0) is 114 Å². The quantitative estimate of drug-likeness (QED) is 0.0667. The average Bonchev–Trinajstić information content (AvgIpc) is 2.29. The molecule has 6 rings (SSSR count). The van der Waals surface area contributed by atoms with Gasteiger partial charge in [-0.2, -0.15) is 0 Å². The van der Waals surface area contributed by atoms with Gasteiger partial charge in [0.15, 0.2) is 5.78 Å². The Morgan fingerprint density at radius 1 is 0.809 bits per heavy atom. The minimum absolute atomic E-state index is 0.0172. The van der Waals surface area contributed by atoms with E-state index in [0.717, 1.165) is 5.57 Å². The van der Waals surface area contributed by atoms with E-state index in [1.807, 2.05) is 87.8 Å². The van der Waals surface area contributed by atoms with Gasteiger partial charge in [-0.25, -0.2) is 19.6 Å². The molecule has 498 valence electrons. The van der Waals surface area contributed by atoms with Gasteiger partial charge in [0, 0.05) is 123 Å². The van der Waals surface area contributed by atoms with Gasteiger partial charge in [0.2, 0.25) is 17.6 Å². The number of ketones is 2. The number of carbonyl (C=O) groups excluding carboxylic acids is 6. The number of anilines is 1. The number of piperidine rings is 1. The molecule has 3 saturated heterocycles. The van der Waals surface area contributed by atoms with E-state index in [4.69, 9.17) is 37.9 Å². The lowest BCUT2D eigenvalue weighted by Crippen LogP contribution is -2.61. The minimum atomic E-state index is -2.45. The van der Waals surface area contributed by atoms with Crippen molar-refractivity contribution in [3.8, 4) is 0 Å². The highest BCUT2D eigenvalue weighted by Gasteiger charge is 2.53. The summed E-state index contributed by atoms with van der Waals surface area (Å²) in [6, 6.07) is -1.13. The van der Waals surface area contributed by atoms with Crippen molar-refractivity contribution in [2.24, 2.45) is 35.5 Å². The number of aliphatic hydroxyl groups is 2. The van der Waals surface area contributed by atoms with Crippen molar-refractivity contribution >= 4 is 41.4 Å². The Hall–Kier alpha value is -5.46. The lowest BCUT2D eigenvalue weighted by molar-refractivity contribution is -0.265. The molecule has 22 nitrogen and oxygen atoms in total. The van der Waals surface area contributed by atoms with Gasteiger partial charge in [-0.15, -0.1) is 0 Å². The van der Waals surface area contributed by atoms with Crippen molar-refractivity contribution in [2.45, 2.75) is 206 Å². The molecule has 0 radical (unpaired) electrons. The first kappa shape index (κ1) is 72.6. The number of carbonyl (C=O) groups is 6. The third kappa shape index (κ3) is 20.3. The zero-order valence-corrected chi connectivity index (χ0v) is 55.0. The molecule has 1 aromatic rings. The number of rotatable bonds is 15. The number of Topliss-reactive ketones (excluding diaryl/α,β-unsaturated/α-hetero) is 2. The number of cyclic esters (lactones) is 1. The first-order valence-corrected chi connectivity index (χ1v) is 32.4. The summed E-state index contributed by atoms with van der Waals surface area (Å²) in [6.45, 7) is 18.6. The Bertz CT molecular complexity index is 2590. The number of amides is 3. The van der Waals surface area contributed by atoms with Crippen molar-refractivity contribution in [2.75, 3.05) is 79.3 Å². The molecule has 0 unspecified atom stereocenters. The highest BCUT2D eigenvalue weighted by Crippen LogP contribution is 2.39. The third-order valence-corrected chi connectivity index (χ3v) is 18.9. The molecule has 5 aliphatic rings. The third-order valence-electron chi connectivity index (χ3n) is 18.9. The number of aromatic nitrogens is 2. The molecule has 4 aliphatic heterocycles. The number of ether oxygens (including phenoxy) is 8. The molecule has 1 aromatic heterocycles. The van der Waals surface area contributed by atoms with Gasteiger partial charge >= 0.3 is 12.1 Å². The molecular formula is C67H104N6O16. The normalized spacial score (nSPS) is 34.4. The standard InChI is InChI=1S/C67H104N6O16/c1-13-86-32-26-58(74)71-28-30-72(31-29-71)65-68-39-50(40-69-65)41-70-66(80)88-53-25-23-49(36-57(53)84-11)35-45(5)56-38-55(83-10)44(4)34-47(7)60(76)61(85-12)59(75)46(6)33-42(2)19-15-14-16-20-43(3)54(82-9)37-51-24-22-48(8)67(81,89-51)62(77)63(78)73-27-18-17-21-52(73)64(79)87-56/h14-16,19-20,34,39-40,42,44-46,48-49,51-57,60-61,76,81H,13,17-18,21-33,35-38,41H2,1-12H3,(H,70,80)/b16-14+,19-15+,43-20+,47-34+/t42-,44-,45-,46-,48-,49+,51+,52+,53-,54+,55-,56+,57-,60-,61+,67-/m1/s1. The summed E-state index contributed by atoms with van der Waals surface area (Å²) < 4.78 is 47.9. The van der Waals surface area contributed by atoms with Crippen molar-refractivity contribution < 1.29 is 76.9 Å². The van der Waals surface area contributed by atoms with Gasteiger partial charge in [0.05, 0.1) is 37.4 Å². The number of allylic oxidation sites excluding steroid dienone is 5. The van der Waals surface area contributed by atoms with E-state index >= 15 is 0 Å². The van der Waals surface area contributed by atoms with Crippen LogP contribution in [0.4, 0.5) is 10.7 Å². The van der Waals surface area contributed by atoms with Crippen LogP contribution in [0.2, 0.25) is 0 Å². The first-order chi connectivity index (χ1) is 42.5. The maximum Gasteiger partial charge on any atom is 0.407 e. The smallest absolute Gasteiger partial charge is 0.407 e. The molecule has 3 amide bonds. The summed E-state index contributed by atoms with van der Waals surface area (Å²) >= 11 is 0. The van der Waals surface area contributed by atoms with Crippen LogP contribution in [0.3, 0.4) is 0 Å². The number of aliphatic hydroxyl groups excluding tert-OH is 1. The fraction of sp³-hybridized carbons (Fsp3) is 0.731. The molecule has 4 fully saturated rings. The molecule has 5 heterocycles. The van der Waals surface area contributed by atoms with Crippen LogP contribution in [0.15, 0.2) is 60.0 Å². The number of hydrogen-bond donors (Lipinski definition) is 3. The Labute approximate surface area is 527 Å². The van der Waals surface area contributed by atoms with Gasteiger partial charge in [0.1, 0.15) is 30.5 Å². The molecule has 1 saturated carbocycles. The number of hydrogen-bond acceptors (Lipinski definition) is 19. The van der Waals surface area contributed by atoms with Crippen molar-refractivity contribution in [1.29, 1.82) is 0 Å². The average molecular weight is 1250 g/mol. The van der Waals surface area contributed by atoms with Crippen LogP contribution in [0.5, 0.6) is 0 Å². The van der Waals surface area contributed by atoms with Crippen LogP contribution in [-0.4, -0.2) is 200 Å². The van der Waals surface area contributed by atoms with Crippen LogP contribution in [0.25, 0.3) is 0 Å². The molecular weight excluding hydrogens is 1140 g/mol. The molecule has 3 N–H and O–H groups in total. The van der Waals surface area contributed by atoms with Crippen LogP contribution < -0.4 is 10.2 Å². The van der Waals surface area contributed by atoms with Crippen molar-refractivity contribution in [3.05, 3.63) is 65.6 Å². The predicted octanol–water partition coefficient (Wildman–Crippen LogP) is 7.43. The number of nitrogens with zero attached hydrogens (tertiary/aromatic N) is 5. The summed E-state index contributed by atoms with van der Waals surface area (Å²) in [7, 11) is 6.16. The number of alkyl carbamates (subject to hydrolysis) is 1. The van der Waals surface area contributed by atoms with Gasteiger partial charge in [-0.1, -0.05) is 71.1 Å². The molecule has 2 bridgehead atoms. The summed E-state index contributed by atoms with van der Waals surface area (Å²) in [5.74, 6) is -6.65. The van der Waals surface area contributed by atoms with Crippen LogP contribution in [0.1, 0.15) is 144 Å². The first-order valence-electron chi connectivity index (χ1n) is 32.4. The number of methoxy groups -OCH3 is 4. The monoisotopic (exact) mass is 1250 g/mol. The second-order valence-electron chi connectivity index (χ2n) is 25.4. The largest absolute Gasteiger partial charge is 0.460 e. The highest BCUT2D eigenvalue weighted by molar-refractivity contribution is 6.39. The molecule has 16 atom stereocenters. The maximum absolute atomic E-state index is 14.9. The topological polar surface area (TPSA) is 264 Å². The summed E-state index contributed by atoms with van der Waals surface area (Å²) in [4.78, 5) is 97.9. The van der Waals surface area contributed by atoms with E-state index in [9.17, 15) is 39.0 Å². The van der Waals surface area contributed by atoms with Gasteiger partial charge in [-0.3, -0.25) is 19.2 Å². The van der Waals surface area contributed by atoms with E-state index < -0.39 is 96.2 Å². The Morgan fingerprint density at radius 2 is 1.53 bits per heavy atom. The summed E-state index contributed by atoms with van der Waals surface area (Å²) in [5, 5.41) is 26.7. The fourth-order valence-electron chi connectivity index (χ4n) is 13.3. The second-order valence-corrected chi connectivity index (χ2v) is 25.4. The Morgan fingerprint density at radius 3 is 2.20 bits per heavy atom. The summed E-state index contributed by atoms with van der Waals surface area (Å²) in [6.07, 6.45) is 14.4. The van der Waals surface area contributed by atoms with E-state index in [1.54, 1.807) is 47.6 Å². The summed E-state index contributed by atoms with van der Waals surface area (Å²) in [5.41, 5.74) is 2.07. The van der Waals surface area contributed by atoms with E-state index in [-0.39, 0.29) is 61.3 Å². The lowest BCUT2D eigenvalue weighted by Gasteiger charge is -2.43. The molecule has 0 spiro atoms. The van der Waals surface area contributed by atoms with Gasteiger partial charge < -0.3 is 68.1 Å². The Kier molecular flexibility index (Phi) is 28.9. The minimum Gasteiger partial charge on any atom is -0.460 e. The second kappa shape index (κ2) is 35.4. The van der Waals surface area contributed by atoms with Crippen molar-refractivity contribution in [1.82, 2.24) is 25.1 Å². The van der Waals surface area contributed by atoms with Crippen molar-refractivity contribution in [3.63, 3.8) is 0 Å². The van der Waals surface area contributed by atoms with Crippen LogP contribution in [-0.2, 0) is 68.4 Å². The zero-order valence-electron chi connectivity index (χ0n) is 55.0. The van der Waals surface area contributed by atoms with E-state index in [1.165, 1.54) is 12.0 Å². The van der Waals surface area contributed by atoms with E-state index in [0.29, 0.717) is 127 Å². The van der Waals surface area contributed by atoms with Crippen LogP contribution >= 0.6 is 0 Å². The molecule has 89 heavy (non-hydrogen) atoms. The van der Waals surface area contributed by atoms with E-state index in [2.05, 4.69) is 15.3 Å². The predicted molar refractivity (Wildman–Crippen MR) is 334 cm³/mol. The lowest BCUT2D eigenvalue weighted by atomic mass is 9.78. The highest BCUT2D eigenvalue weighted by atomic mass is 16.6. The number of piperazine rings is 1. The zero-order chi connectivity index (χ0) is 65.0.